The van der Waals surface area contributed by atoms with Crippen molar-refractivity contribution in [1.29, 1.82) is 0 Å². The number of unbranched alkanes of at least 4 members (excludes halogenated alkanes) is 1. The van der Waals surface area contributed by atoms with Gasteiger partial charge in [0.15, 0.2) is 0 Å². The lowest BCUT2D eigenvalue weighted by atomic mass is 10.1. The number of aryl methyl sites for hydroxylation is 2. The molecule has 4 nitrogen and oxygen atoms in total. The summed E-state index contributed by atoms with van der Waals surface area (Å²) in [7, 11) is 0. The maximum atomic E-state index is 11.4. The Bertz CT molecular complexity index is 614. The molecule has 0 aliphatic rings. The fraction of sp³-hybridized carbons (Fsp3) is 0.500. The zero-order chi connectivity index (χ0) is 14.7. The molecule has 0 aliphatic carbocycles. The van der Waals surface area contributed by atoms with Gasteiger partial charge in [0.2, 0.25) is 0 Å². The fourth-order valence-electron chi connectivity index (χ4n) is 2.57. The third-order valence-electron chi connectivity index (χ3n) is 3.60. The summed E-state index contributed by atoms with van der Waals surface area (Å²) in [4.78, 5) is 15.8. The number of hydrogen-bond donors (Lipinski definition) is 1. The Morgan fingerprint density at radius 1 is 1.35 bits per heavy atom. The van der Waals surface area contributed by atoms with Crippen molar-refractivity contribution in [1.82, 2.24) is 9.55 Å². The topological polar surface area (TPSA) is 55.1 Å². The van der Waals surface area contributed by atoms with E-state index in [1.807, 2.05) is 17.6 Å². The summed E-state index contributed by atoms with van der Waals surface area (Å²) in [5.41, 5.74) is 1.86. The number of para-hydroxylation sites is 1. The molecule has 1 heterocycles. The molecule has 0 saturated carbocycles. The van der Waals surface area contributed by atoms with Crippen molar-refractivity contribution in [2.24, 2.45) is 5.92 Å². The van der Waals surface area contributed by atoms with Crippen molar-refractivity contribution in [3.63, 3.8) is 0 Å². The first-order valence-corrected chi connectivity index (χ1v) is 7.20. The first-order valence-electron chi connectivity index (χ1n) is 7.20. The van der Waals surface area contributed by atoms with Crippen LogP contribution in [-0.4, -0.2) is 20.6 Å². The van der Waals surface area contributed by atoms with Crippen molar-refractivity contribution in [3.05, 3.63) is 29.6 Å². The van der Waals surface area contributed by atoms with E-state index < -0.39 is 5.97 Å². The zero-order valence-electron chi connectivity index (χ0n) is 12.4. The SMILES string of the molecule is Cc1nc2cccc(C(=O)O)c2n1CCCCC(C)C. The number of aromatic nitrogens is 2. The van der Waals surface area contributed by atoms with E-state index in [9.17, 15) is 9.90 Å². The Balaban J connectivity index is 2.27. The van der Waals surface area contributed by atoms with Crippen molar-refractivity contribution in [2.75, 3.05) is 0 Å². The number of rotatable bonds is 6. The predicted octanol–water partition coefficient (Wildman–Crippen LogP) is 3.87. The highest BCUT2D eigenvalue weighted by atomic mass is 16.4. The standard InChI is InChI=1S/C16H22N2O2/c1-11(2)7-4-5-10-18-12(3)17-14-9-6-8-13(15(14)18)16(19)20/h6,8-9,11H,4-5,7,10H2,1-3H3,(H,19,20). The molecule has 1 N–H and O–H groups in total. The third-order valence-corrected chi connectivity index (χ3v) is 3.60. The molecule has 0 unspecified atom stereocenters. The van der Waals surface area contributed by atoms with E-state index in [1.54, 1.807) is 12.1 Å². The highest BCUT2D eigenvalue weighted by Crippen LogP contribution is 2.21. The summed E-state index contributed by atoms with van der Waals surface area (Å²) in [5.74, 6) is 0.711. The van der Waals surface area contributed by atoms with Crippen LogP contribution in [0.15, 0.2) is 18.2 Å². The number of carboxylic acid groups (broad SMARTS) is 1. The minimum absolute atomic E-state index is 0.340. The lowest BCUT2D eigenvalue weighted by molar-refractivity contribution is 0.0698. The number of carboxylic acids is 1. The summed E-state index contributed by atoms with van der Waals surface area (Å²) in [6.07, 6.45) is 3.42. The van der Waals surface area contributed by atoms with Crippen molar-refractivity contribution < 1.29 is 9.90 Å². The Labute approximate surface area is 119 Å². The first kappa shape index (κ1) is 14.6. The van der Waals surface area contributed by atoms with Gasteiger partial charge in [-0.2, -0.15) is 0 Å². The lowest BCUT2D eigenvalue weighted by Crippen LogP contribution is -2.05. The van der Waals surface area contributed by atoms with E-state index in [4.69, 9.17) is 0 Å². The average Bonchev–Trinajstić information content (AvgIpc) is 2.70. The zero-order valence-corrected chi connectivity index (χ0v) is 12.4. The molecule has 2 aromatic rings. The molecule has 2 rings (SSSR count). The van der Waals surface area contributed by atoms with Crippen LogP contribution in [0.1, 0.15) is 49.3 Å². The smallest absolute Gasteiger partial charge is 0.337 e. The lowest BCUT2D eigenvalue weighted by Gasteiger charge is -2.09. The largest absolute Gasteiger partial charge is 0.478 e. The summed E-state index contributed by atoms with van der Waals surface area (Å²) in [5, 5.41) is 9.32. The van der Waals surface area contributed by atoms with E-state index in [-0.39, 0.29) is 0 Å². The van der Waals surface area contributed by atoms with E-state index >= 15 is 0 Å². The number of hydrogen-bond acceptors (Lipinski definition) is 2. The van der Waals surface area contributed by atoms with Crippen molar-refractivity contribution >= 4 is 17.0 Å². The minimum Gasteiger partial charge on any atom is -0.478 e. The monoisotopic (exact) mass is 274 g/mol. The Morgan fingerprint density at radius 3 is 2.75 bits per heavy atom. The van der Waals surface area contributed by atoms with E-state index in [1.165, 1.54) is 6.42 Å². The minimum atomic E-state index is -0.890. The molecule has 0 aliphatic heterocycles. The highest BCUT2D eigenvalue weighted by Gasteiger charge is 2.15. The molecule has 4 heteroatoms. The quantitative estimate of drug-likeness (QED) is 0.813. The van der Waals surface area contributed by atoms with Gasteiger partial charge in [0.25, 0.3) is 0 Å². The second-order valence-electron chi connectivity index (χ2n) is 5.68. The number of benzene rings is 1. The fourth-order valence-corrected chi connectivity index (χ4v) is 2.57. The van der Waals surface area contributed by atoms with Gasteiger partial charge in [-0.15, -0.1) is 0 Å². The second-order valence-corrected chi connectivity index (χ2v) is 5.68. The Morgan fingerprint density at radius 2 is 2.10 bits per heavy atom. The van der Waals surface area contributed by atoms with Crippen LogP contribution in [0.5, 0.6) is 0 Å². The molecule has 0 saturated heterocycles. The number of carbonyl (C=O) groups is 1. The molecule has 0 amide bonds. The second kappa shape index (κ2) is 6.07. The van der Waals surface area contributed by atoms with Crippen LogP contribution in [0.25, 0.3) is 11.0 Å². The van der Waals surface area contributed by atoms with Gasteiger partial charge >= 0.3 is 5.97 Å². The molecule has 0 spiro atoms. The number of aromatic carboxylic acids is 1. The molecule has 0 radical (unpaired) electrons. The van der Waals surface area contributed by atoms with Gasteiger partial charge in [-0.05, 0) is 31.4 Å². The molecule has 0 bridgehead atoms. The van der Waals surface area contributed by atoms with Crippen LogP contribution >= 0.6 is 0 Å². The molecule has 20 heavy (non-hydrogen) atoms. The summed E-state index contributed by atoms with van der Waals surface area (Å²) in [6.45, 7) is 7.22. The van der Waals surface area contributed by atoms with Crippen molar-refractivity contribution in [3.8, 4) is 0 Å². The van der Waals surface area contributed by atoms with Crippen LogP contribution in [0.2, 0.25) is 0 Å². The maximum Gasteiger partial charge on any atom is 0.337 e. The van der Waals surface area contributed by atoms with E-state index in [0.29, 0.717) is 11.5 Å². The highest BCUT2D eigenvalue weighted by molar-refractivity contribution is 6.01. The Kier molecular flexibility index (Phi) is 4.42. The molecular weight excluding hydrogens is 252 g/mol. The molecule has 0 fully saturated rings. The Hall–Kier alpha value is -1.84. The normalized spacial score (nSPS) is 11.4. The molecule has 0 atom stereocenters. The van der Waals surface area contributed by atoms with Gasteiger partial charge in [-0.3, -0.25) is 0 Å². The van der Waals surface area contributed by atoms with Gasteiger partial charge in [-0.1, -0.05) is 32.8 Å². The van der Waals surface area contributed by atoms with Crippen LogP contribution < -0.4 is 0 Å². The third kappa shape index (κ3) is 3.00. The van der Waals surface area contributed by atoms with Crippen LogP contribution in [0.3, 0.4) is 0 Å². The van der Waals surface area contributed by atoms with Gasteiger partial charge < -0.3 is 9.67 Å². The van der Waals surface area contributed by atoms with Crippen LogP contribution in [-0.2, 0) is 6.54 Å². The average molecular weight is 274 g/mol. The number of fused-ring (bicyclic) bond motifs is 1. The van der Waals surface area contributed by atoms with Crippen LogP contribution in [0.4, 0.5) is 0 Å². The predicted molar refractivity (Wildman–Crippen MR) is 80.1 cm³/mol. The van der Waals surface area contributed by atoms with E-state index in [2.05, 4.69) is 18.8 Å². The maximum absolute atomic E-state index is 11.4. The van der Waals surface area contributed by atoms with Crippen molar-refractivity contribution in [2.45, 2.75) is 46.6 Å². The molecular formula is C16H22N2O2. The number of nitrogens with zero attached hydrogens (tertiary/aromatic N) is 2. The van der Waals surface area contributed by atoms with E-state index in [0.717, 1.165) is 36.2 Å². The van der Waals surface area contributed by atoms with Gasteiger partial charge in [-0.25, -0.2) is 9.78 Å². The molecule has 1 aromatic heterocycles. The molecule has 108 valence electrons. The summed E-state index contributed by atoms with van der Waals surface area (Å²) in [6, 6.07) is 5.27. The van der Waals surface area contributed by atoms with Gasteiger partial charge in [0.05, 0.1) is 16.6 Å². The summed E-state index contributed by atoms with van der Waals surface area (Å²) < 4.78 is 2.04. The first-order chi connectivity index (χ1) is 9.50. The summed E-state index contributed by atoms with van der Waals surface area (Å²) >= 11 is 0. The van der Waals surface area contributed by atoms with Gasteiger partial charge in [0, 0.05) is 6.54 Å². The number of imidazole rings is 1. The van der Waals surface area contributed by atoms with Gasteiger partial charge in [0.1, 0.15) is 5.82 Å². The van der Waals surface area contributed by atoms with Crippen LogP contribution in [0, 0.1) is 12.8 Å². The molecule has 1 aromatic carbocycles.